The topological polar surface area (TPSA) is 42.9 Å². The third kappa shape index (κ3) is 2.33. The normalized spacial score (nSPS) is 14.8. The van der Waals surface area contributed by atoms with Crippen LogP contribution in [-0.4, -0.2) is 15.8 Å². The number of carbonyl (C=O) groups excluding carboxylic acids is 1. The van der Waals surface area contributed by atoms with Crippen LogP contribution in [0, 0.1) is 12.7 Å². The van der Waals surface area contributed by atoms with Crippen molar-refractivity contribution in [3.63, 3.8) is 0 Å². The zero-order valence-electron chi connectivity index (χ0n) is 11.3. The number of rotatable bonds is 1. The van der Waals surface area contributed by atoms with Gasteiger partial charge in [-0.15, -0.1) is 0 Å². The lowest BCUT2D eigenvalue weighted by molar-refractivity contribution is 0.0981. The van der Waals surface area contributed by atoms with Gasteiger partial charge in [-0.25, -0.2) is 14.4 Å². The van der Waals surface area contributed by atoms with E-state index in [0.29, 0.717) is 23.4 Å². The number of benzene rings is 1. The minimum atomic E-state index is -0.305. The van der Waals surface area contributed by atoms with Gasteiger partial charge >= 0.3 is 0 Å². The van der Waals surface area contributed by atoms with E-state index in [4.69, 9.17) is 0 Å². The van der Waals surface area contributed by atoms with Gasteiger partial charge in [0.05, 0.1) is 11.3 Å². The first kappa shape index (κ1) is 12.9. The molecule has 0 saturated carbocycles. The highest BCUT2D eigenvalue weighted by Gasteiger charge is 2.18. The minimum Gasteiger partial charge on any atom is -0.294 e. The standard InChI is InChI=1S/C16H15FN2O/c1-10-6-7-11(17)8-12(10)16-18-9-13-14(19-16)4-2-3-5-15(13)20/h6-9H,2-5H2,1H3. The molecule has 1 aliphatic rings. The Labute approximate surface area is 116 Å². The highest BCUT2D eigenvalue weighted by Crippen LogP contribution is 2.24. The summed E-state index contributed by atoms with van der Waals surface area (Å²) >= 11 is 0. The van der Waals surface area contributed by atoms with E-state index in [1.165, 1.54) is 12.1 Å². The number of halogens is 1. The molecule has 1 heterocycles. The number of Topliss-reactive ketones (excluding diaryl/α,β-unsaturated/α-hetero) is 1. The van der Waals surface area contributed by atoms with Crippen LogP contribution in [0.1, 0.15) is 40.9 Å². The van der Waals surface area contributed by atoms with Gasteiger partial charge in [0.1, 0.15) is 5.82 Å². The first-order chi connectivity index (χ1) is 9.65. The lowest BCUT2D eigenvalue weighted by Gasteiger charge is -2.08. The van der Waals surface area contributed by atoms with E-state index < -0.39 is 0 Å². The van der Waals surface area contributed by atoms with Crippen molar-refractivity contribution in [1.29, 1.82) is 0 Å². The largest absolute Gasteiger partial charge is 0.294 e. The first-order valence-corrected chi connectivity index (χ1v) is 6.81. The van der Waals surface area contributed by atoms with E-state index in [2.05, 4.69) is 9.97 Å². The van der Waals surface area contributed by atoms with E-state index in [1.807, 2.05) is 6.92 Å². The summed E-state index contributed by atoms with van der Waals surface area (Å²) in [6, 6.07) is 4.58. The fraction of sp³-hybridized carbons (Fsp3) is 0.312. The highest BCUT2D eigenvalue weighted by molar-refractivity contribution is 5.97. The number of ketones is 1. The molecule has 1 aromatic heterocycles. The van der Waals surface area contributed by atoms with Crippen LogP contribution in [0.15, 0.2) is 24.4 Å². The van der Waals surface area contributed by atoms with Crippen molar-refractivity contribution in [2.24, 2.45) is 0 Å². The monoisotopic (exact) mass is 270 g/mol. The van der Waals surface area contributed by atoms with Gasteiger partial charge in [0.2, 0.25) is 0 Å². The molecule has 2 aromatic rings. The summed E-state index contributed by atoms with van der Waals surface area (Å²) in [5.41, 5.74) is 3.03. The molecule has 0 unspecified atom stereocenters. The summed E-state index contributed by atoms with van der Waals surface area (Å²) < 4.78 is 13.4. The summed E-state index contributed by atoms with van der Waals surface area (Å²) in [6.45, 7) is 1.90. The molecular weight excluding hydrogens is 255 g/mol. The number of aromatic nitrogens is 2. The zero-order chi connectivity index (χ0) is 14.1. The molecule has 0 aliphatic heterocycles. The predicted octanol–water partition coefficient (Wildman–Crippen LogP) is 3.50. The Kier molecular flexibility index (Phi) is 3.30. The molecule has 0 N–H and O–H groups in total. The van der Waals surface area contributed by atoms with Crippen molar-refractivity contribution >= 4 is 5.78 Å². The Hall–Kier alpha value is -2.10. The van der Waals surface area contributed by atoms with E-state index in [0.717, 1.165) is 30.5 Å². The Morgan fingerprint density at radius 1 is 1.15 bits per heavy atom. The molecule has 102 valence electrons. The van der Waals surface area contributed by atoms with Gasteiger partial charge in [0, 0.05) is 18.2 Å². The van der Waals surface area contributed by atoms with E-state index in [-0.39, 0.29) is 11.6 Å². The quantitative estimate of drug-likeness (QED) is 0.745. The van der Waals surface area contributed by atoms with E-state index in [1.54, 1.807) is 12.3 Å². The van der Waals surface area contributed by atoms with Gasteiger partial charge in [-0.1, -0.05) is 6.07 Å². The maximum absolute atomic E-state index is 13.4. The number of aryl methyl sites for hydroxylation is 2. The summed E-state index contributed by atoms with van der Waals surface area (Å²) in [4.78, 5) is 20.7. The SMILES string of the molecule is Cc1ccc(F)cc1-c1ncc2c(n1)CCCCC2=O. The molecule has 0 spiro atoms. The van der Waals surface area contributed by atoms with Crippen molar-refractivity contribution in [3.8, 4) is 11.4 Å². The molecular formula is C16H15FN2O. The van der Waals surface area contributed by atoms with Crippen molar-refractivity contribution in [3.05, 3.63) is 47.0 Å². The maximum Gasteiger partial charge on any atom is 0.166 e. The second-order valence-electron chi connectivity index (χ2n) is 5.14. The van der Waals surface area contributed by atoms with Crippen molar-refractivity contribution < 1.29 is 9.18 Å². The van der Waals surface area contributed by atoms with Gasteiger partial charge in [0.15, 0.2) is 11.6 Å². The lowest BCUT2D eigenvalue weighted by Crippen LogP contribution is -2.05. The average Bonchev–Trinajstić information content (AvgIpc) is 2.63. The first-order valence-electron chi connectivity index (χ1n) is 6.81. The summed E-state index contributed by atoms with van der Waals surface area (Å²) in [6.07, 6.45) is 4.79. The Balaban J connectivity index is 2.10. The molecule has 0 amide bonds. The molecule has 0 saturated heterocycles. The molecule has 3 rings (SSSR count). The average molecular weight is 270 g/mol. The second-order valence-corrected chi connectivity index (χ2v) is 5.14. The van der Waals surface area contributed by atoms with Crippen LogP contribution < -0.4 is 0 Å². The van der Waals surface area contributed by atoms with Gasteiger partial charge in [-0.05, 0) is 43.9 Å². The van der Waals surface area contributed by atoms with Crippen molar-refractivity contribution in [2.75, 3.05) is 0 Å². The summed E-state index contributed by atoms with van der Waals surface area (Å²) in [7, 11) is 0. The fourth-order valence-electron chi connectivity index (χ4n) is 2.52. The molecule has 3 nitrogen and oxygen atoms in total. The van der Waals surface area contributed by atoms with Gasteiger partial charge in [-0.2, -0.15) is 0 Å². The fourth-order valence-corrected chi connectivity index (χ4v) is 2.52. The van der Waals surface area contributed by atoms with Crippen LogP contribution in [0.2, 0.25) is 0 Å². The van der Waals surface area contributed by atoms with E-state index in [9.17, 15) is 9.18 Å². The number of fused-ring (bicyclic) bond motifs is 1. The molecule has 1 aliphatic carbocycles. The van der Waals surface area contributed by atoms with Crippen LogP contribution in [0.25, 0.3) is 11.4 Å². The van der Waals surface area contributed by atoms with Gasteiger partial charge < -0.3 is 0 Å². The van der Waals surface area contributed by atoms with E-state index >= 15 is 0 Å². The Bertz CT molecular complexity index is 682. The van der Waals surface area contributed by atoms with Crippen molar-refractivity contribution in [2.45, 2.75) is 32.6 Å². The number of hydrogen-bond acceptors (Lipinski definition) is 3. The van der Waals surface area contributed by atoms with Gasteiger partial charge in [0.25, 0.3) is 0 Å². The molecule has 4 heteroatoms. The third-order valence-electron chi connectivity index (χ3n) is 3.68. The molecule has 0 radical (unpaired) electrons. The number of hydrogen-bond donors (Lipinski definition) is 0. The number of nitrogens with zero attached hydrogens (tertiary/aromatic N) is 2. The van der Waals surface area contributed by atoms with Crippen LogP contribution in [0.5, 0.6) is 0 Å². The van der Waals surface area contributed by atoms with Crippen LogP contribution in [0.3, 0.4) is 0 Å². The molecule has 0 atom stereocenters. The predicted molar refractivity (Wildman–Crippen MR) is 74.0 cm³/mol. The second kappa shape index (κ2) is 5.12. The van der Waals surface area contributed by atoms with Crippen LogP contribution in [0.4, 0.5) is 4.39 Å². The smallest absolute Gasteiger partial charge is 0.166 e. The molecule has 0 fully saturated rings. The maximum atomic E-state index is 13.4. The molecule has 1 aromatic carbocycles. The molecule has 0 bridgehead atoms. The Morgan fingerprint density at radius 2 is 1.95 bits per heavy atom. The van der Waals surface area contributed by atoms with Crippen LogP contribution in [-0.2, 0) is 6.42 Å². The highest BCUT2D eigenvalue weighted by atomic mass is 19.1. The summed E-state index contributed by atoms with van der Waals surface area (Å²) in [5.74, 6) is 0.302. The van der Waals surface area contributed by atoms with Crippen molar-refractivity contribution in [1.82, 2.24) is 9.97 Å². The summed E-state index contributed by atoms with van der Waals surface area (Å²) in [5, 5.41) is 0. The number of carbonyl (C=O) groups is 1. The zero-order valence-corrected chi connectivity index (χ0v) is 11.3. The van der Waals surface area contributed by atoms with Crippen LogP contribution >= 0.6 is 0 Å². The molecule has 20 heavy (non-hydrogen) atoms. The Morgan fingerprint density at radius 3 is 2.80 bits per heavy atom. The lowest BCUT2D eigenvalue weighted by atomic mass is 10.1. The van der Waals surface area contributed by atoms with Gasteiger partial charge in [-0.3, -0.25) is 4.79 Å². The third-order valence-corrected chi connectivity index (χ3v) is 3.68. The minimum absolute atomic E-state index is 0.111.